The van der Waals surface area contributed by atoms with E-state index < -0.39 is 34.1 Å². The van der Waals surface area contributed by atoms with E-state index in [1.807, 2.05) is 0 Å². The first-order valence-corrected chi connectivity index (χ1v) is 8.93. The van der Waals surface area contributed by atoms with Gasteiger partial charge in [0.25, 0.3) is 0 Å². The molecular formula is C16H16F2N2O4S. The molecule has 0 aliphatic carbocycles. The molecule has 1 amide bonds. The number of halogens is 2. The Balaban J connectivity index is 2.25. The van der Waals surface area contributed by atoms with E-state index in [-0.39, 0.29) is 5.69 Å². The lowest BCUT2D eigenvalue weighted by Crippen LogP contribution is -2.37. The van der Waals surface area contributed by atoms with Gasteiger partial charge in [0.2, 0.25) is 15.9 Å². The van der Waals surface area contributed by atoms with Gasteiger partial charge >= 0.3 is 0 Å². The highest BCUT2D eigenvalue weighted by Gasteiger charge is 2.22. The average molecular weight is 370 g/mol. The number of carbonyl (C=O) groups excluding carboxylic acids is 1. The second-order valence-electron chi connectivity index (χ2n) is 5.12. The van der Waals surface area contributed by atoms with Crippen molar-refractivity contribution in [2.75, 3.05) is 29.5 Å². The zero-order valence-electron chi connectivity index (χ0n) is 13.5. The molecule has 0 atom stereocenters. The van der Waals surface area contributed by atoms with Crippen LogP contribution in [0.4, 0.5) is 20.2 Å². The van der Waals surface area contributed by atoms with Crippen LogP contribution in [0.25, 0.3) is 0 Å². The third-order valence-corrected chi connectivity index (χ3v) is 4.40. The molecular weight excluding hydrogens is 354 g/mol. The minimum absolute atomic E-state index is 0.156. The molecule has 0 saturated carbocycles. The number of nitrogens with one attached hydrogen (secondary N) is 1. The van der Waals surface area contributed by atoms with Crippen LogP contribution < -0.4 is 14.4 Å². The van der Waals surface area contributed by atoms with Crippen LogP contribution in [0, 0.1) is 11.6 Å². The van der Waals surface area contributed by atoms with Crippen LogP contribution in [0.15, 0.2) is 42.5 Å². The number of carbonyl (C=O) groups is 1. The molecule has 0 radical (unpaired) electrons. The summed E-state index contributed by atoms with van der Waals surface area (Å²) in [4.78, 5) is 12.2. The van der Waals surface area contributed by atoms with E-state index >= 15 is 0 Å². The Kier molecular flexibility index (Phi) is 5.58. The van der Waals surface area contributed by atoms with Crippen LogP contribution in [0.2, 0.25) is 0 Å². The van der Waals surface area contributed by atoms with Crippen LogP contribution in [-0.4, -0.2) is 34.2 Å². The second-order valence-corrected chi connectivity index (χ2v) is 7.02. The first-order valence-electron chi connectivity index (χ1n) is 7.08. The van der Waals surface area contributed by atoms with Crippen molar-refractivity contribution in [2.45, 2.75) is 0 Å². The smallest absolute Gasteiger partial charge is 0.245 e. The number of amides is 1. The Bertz CT molecular complexity index is 887. The monoisotopic (exact) mass is 370 g/mol. The molecule has 134 valence electrons. The highest BCUT2D eigenvalue weighted by Crippen LogP contribution is 2.24. The SMILES string of the molecule is COc1ccccc1NC(=O)CN(c1ccc(F)c(F)c1)S(C)(=O)=O. The van der Waals surface area contributed by atoms with Crippen molar-refractivity contribution in [3.63, 3.8) is 0 Å². The van der Waals surface area contributed by atoms with Crippen molar-refractivity contribution in [1.29, 1.82) is 0 Å². The van der Waals surface area contributed by atoms with Crippen molar-refractivity contribution in [3.05, 3.63) is 54.1 Å². The molecule has 0 fully saturated rings. The number of sulfonamides is 1. The van der Waals surface area contributed by atoms with Gasteiger partial charge in [-0.2, -0.15) is 0 Å². The number of rotatable bonds is 6. The topological polar surface area (TPSA) is 75.7 Å². The molecule has 0 heterocycles. The van der Waals surface area contributed by atoms with Gasteiger partial charge in [0.1, 0.15) is 12.3 Å². The van der Waals surface area contributed by atoms with Gasteiger partial charge in [0.15, 0.2) is 11.6 Å². The summed E-state index contributed by atoms with van der Waals surface area (Å²) < 4.78 is 56.1. The molecule has 0 aromatic heterocycles. The molecule has 2 aromatic rings. The van der Waals surface area contributed by atoms with Crippen LogP contribution in [0.3, 0.4) is 0 Å². The van der Waals surface area contributed by atoms with Gasteiger partial charge in [0.05, 0.1) is 24.7 Å². The number of hydrogen-bond acceptors (Lipinski definition) is 4. The Hall–Kier alpha value is -2.68. The molecule has 1 N–H and O–H groups in total. The lowest BCUT2D eigenvalue weighted by atomic mass is 10.3. The van der Waals surface area contributed by atoms with Crippen molar-refractivity contribution < 1.29 is 26.7 Å². The molecule has 0 unspecified atom stereocenters. The van der Waals surface area contributed by atoms with E-state index in [4.69, 9.17) is 4.74 Å². The predicted octanol–water partition coefficient (Wildman–Crippen LogP) is 2.38. The summed E-state index contributed by atoms with van der Waals surface area (Å²) in [6, 6.07) is 9.17. The fourth-order valence-electron chi connectivity index (χ4n) is 2.11. The summed E-state index contributed by atoms with van der Waals surface area (Å²) >= 11 is 0. The third kappa shape index (κ3) is 4.66. The first kappa shape index (κ1) is 18.7. The first-order chi connectivity index (χ1) is 11.7. The van der Waals surface area contributed by atoms with E-state index in [2.05, 4.69) is 5.32 Å². The summed E-state index contributed by atoms with van der Waals surface area (Å²) in [6.45, 7) is -0.609. The quantitative estimate of drug-likeness (QED) is 0.847. The summed E-state index contributed by atoms with van der Waals surface area (Å²) in [7, 11) is -2.47. The van der Waals surface area contributed by atoms with E-state index in [0.717, 1.165) is 18.4 Å². The second kappa shape index (κ2) is 7.47. The third-order valence-electron chi connectivity index (χ3n) is 3.26. The van der Waals surface area contributed by atoms with Crippen molar-refractivity contribution in [3.8, 4) is 5.75 Å². The van der Waals surface area contributed by atoms with Crippen molar-refractivity contribution in [1.82, 2.24) is 0 Å². The number of methoxy groups -OCH3 is 1. The maximum absolute atomic E-state index is 13.4. The summed E-state index contributed by atoms with van der Waals surface area (Å²) in [5.74, 6) is -2.60. The lowest BCUT2D eigenvalue weighted by Gasteiger charge is -2.22. The van der Waals surface area contributed by atoms with Crippen molar-refractivity contribution >= 4 is 27.3 Å². The standard InChI is InChI=1S/C16H16F2N2O4S/c1-24-15-6-4-3-5-14(15)19-16(21)10-20(25(2,22)23)11-7-8-12(17)13(18)9-11/h3-9H,10H2,1-2H3,(H,19,21). The molecule has 6 nitrogen and oxygen atoms in total. The van der Waals surface area contributed by atoms with Gasteiger partial charge in [-0.05, 0) is 24.3 Å². The molecule has 0 spiro atoms. The average Bonchev–Trinajstić information content (AvgIpc) is 2.55. The van der Waals surface area contributed by atoms with Gasteiger partial charge in [0, 0.05) is 6.07 Å². The van der Waals surface area contributed by atoms with Crippen LogP contribution in [0.1, 0.15) is 0 Å². The number of hydrogen-bond donors (Lipinski definition) is 1. The Morgan fingerprint density at radius 3 is 2.44 bits per heavy atom. The summed E-state index contributed by atoms with van der Waals surface area (Å²) in [5, 5.41) is 2.52. The van der Waals surface area contributed by atoms with E-state index in [1.165, 1.54) is 7.11 Å². The number of para-hydroxylation sites is 2. The Morgan fingerprint density at radius 2 is 1.84 bits per heavy atom. The highest BCUT2D eigenvalue weighted by molar-refractivity contribution is 7.92. The van der Waals surface area contributed by atoms with Crippen LogP contribution in [0.5, 0.6) is 5.75 Å². The van der Waals surface area contributed by atoms with Gasteiger partial charge in [-0.1, -0.05) is 12.1 Å². The number of anilines is 2. The van der Waals surface area contributed by atoms with Gasteiger partial charge in [-0.3, -0.25) is 9.10 Å². The largest absolute Gasteiger partial charge is 0.495 e. The molecule has 0 bridgehead atoms. The number of benzene rings is 2. The maximum Gasteiger partial charge on any atom is 0.245 e. The number of nitrogens with zero attached hydrogens (tertiary/aromatic N) is 1. The summed E-state index contributed by atoms with van der Waals surface area (Å²) in [6.07, 6.45) is 0.866. The van der Waals surface area contributed by atoms with E-state index in [0.29, 0.717) is 21.8 Å². The van der Waals surface area contributed by atoms with E-state index in [9.17, 15) is 22.0 Å². The minimum atomic E-state index is -3.90. The predicted molar refractivity (Wildman–Crippen MR) is 90.2 cm³/mol. The Morgan fingerprint density at radius 1 is 1.16 bits per heavy atom. The summed E-state index contributed by atoms with van der Waals surface area (Å²) in [5.41, 5.74) is 0.199. The fraction of sp³-hybridized carbons (Fsp3) is 0.188. The molecule has 25 heavy (non-hydrogen) atoms. The van der Waals surface area contributed by atoms with Gasteiger partial charge in [-0.25, -0.2) is 17.2 Å². The molecule has 0 aliphatic heterocycles. The lowest BCUT2D eigenvalue weighted by molar-refractivity contribution is -0.114. The molecule has 2 aromatic carbocycles. The van der Waals surface area contributed by atoms with Crippen LogP contribution in [-0.2, 0) is 14.8 Å². The normalized spacial score (nSPS) is 11.0. The highest BCUT2D eigenvalue weighted by atomic mass is 32.2. The van der Waals surface area contributed by atoms with E-state index in [1.54, 1.807) is 24.3 Å². The van der Waals surface area contributed by atoms with Gasteiger partial charge < -0.3 is 10.1 Å². The van der Waals surface area contributed by atoms with Gasteiger partial charge in [-0.15, -0.1) is 0 Å². The zero-order chi connectivity index (χ0) is 18.6. The fourth-order valence-corrected chi connectivity index (χ4v) is 2.96. The molecule has 0 aliphatic rings. The van der Waals surface area contributed by atoms with Crippen molar-refractivity contribution in [2.24, 2.45) is 0 Å². The Labute approximate surface area is 144 Å². The maximum atomic E-state index is 13.4. The van der Waals surface area contributed by atoms with Crippen LogP contribution >= 0.6 is 0 Å². The molecule has 0 saturated heterocycles. The zero-order valence-corrected chi connectivity index (χ0v) is 14.3. The molecule has 9 heteroatoms. The minimum Gasteiger partial charge on any atom is -0.495 e. The molecule has 2 rings (SSSR count). The number of ether oxygens (including phenoxy) is 1.